The van der Waals surface area contributed by atoms with Crippen LogP contribution in [0.3, 0.4) is 0 Å². The van der Waals surface area contributed by atoms with E-state index in [1.807, 2.05) is 74.2 Å². The van der Waals surface area contributed by atoms with Gasteiger partial charge in [-0.15, -0.1) is 0 Å². The van der Waals surface area contributed by atoms with Crippen LogP contribution in [0.25, 0.3) is 0 Å². The number of rotatable bonds is 1. The average molecular weight is 367 g/mol. The molecule has 1 aromatic heterocycles. The van der Waals surface area contributed by atoms with E-state index in [0.29, 0.717) is 34.4 Å². The quantitative estimate of drug-likeness (QED) is 0.683. The van der Waals surface area contributed by atoms with Gasteiger partial charge in [0.1, 0.15) is 17.5 Å². The van der Waals surface area contributed by atoms with Gasteiger partial charge in [-0.25, -0.2) is 9.89 Å². The Kier molecular flexibility index (Phi) is 5.43. The number of hydrogen-bond donors (Lipinski definition) is 0. The largest absolute Gasteiger partial charge is 0.293 e. The summed E-state index contributed by atoms with van der Waals surface area (Å²) >= 11 is 6.12. The Balaban J connectivity index is 0.000000286. The molecule has 4 rings (SSSR count). The number of allylic oxidation sites excluding steroid dienone is 6. The van der Waals surface area contributed by atoms with Gasteiger partial charge in [0.05, 0.1) is 0 Å². The van der Waals surface area contributed by atoms with E-state index in [2.05, 4.69) is 20.0 Å². The van der Waals surface area contributed by atoms with Crippen molar-refractivity contribution in [2.45, 2.75) is 20.8 Å². The van der Waals surface area contributed by atoms with Gasteiger partial charge in [-0.05, 0) is 32.9 Å². The Labute approximate surface area is 157 Å². The molecule has 0 spiro atoms. The Hall–Kier alpha value is -2.99. The van der Waals surface area contributed by atoms with Crippen LogP contribution in [0.2, 0.25) is 0 Å². The van der Waals surface area contributed by atoms with E-state index in [9.17, 15) is 0 Å². The third-order valence-electron chi connectivity index (χ3n) is 3.48. The predicted molar refractivity (Wildman–Crippen MR) is 109 cm³/mol. The fourth-order valence-electron chi connectivity index (χ4n) is 2.39. The van der Waals surface area contributed by atoms with Crippen molar-refractivity contribution in [3.05, 3.63) is 71.8 Å². The first-order chi connectivity index (χ1) is 12.6. The summed E-state index contributed by atoms with van der Waals surface area (Å²) in [6.07, 6.45) is 15.3. The fourth-order valence-corrected chi connectivity index (χ4v) is 2.58. The standard InChI is InChI=1S/C13H9ClN6.C6H10/c1-8-15-10-6-9(14)7-11-17-12(19-4-2-3-5-19)18-13(16-8)20(10)11;1-3-5-6-4-2/h2-7H,1H3;3-6H,1-2H3/b;5-3-,6-4-. The van der Waals surface area contributed by atoms with Gasteiger partial charge < -0.3 is 0 Å². The number of nitrogens with zero attached hydrogens (tertiary/aromatic N) is 6. The summed E-state index contributed by atoms with van der Waals surface area (Å²) < 4.78 is 1.83. The van der Waals surface area contributed by atoms with E-state index in [1.54, 1.807) is 17.1 Å². The summed E-state index contributed by atoms with van der Waals surface area (Å²) in [5.41, 5.74) is 0. The lowest BCUT2D eigenvalue weighted by atomic mass is 10.3. The summed E-state index contributed by atoms with van der Waals surface area (Å²) in [7, 11) is 0. The van der Waals surface area contributed by atoms with E-state index >= 15 is 0 Å². The number of halogens is 1. The number of aliphatic imine (C=N–C) groups is 4. The second kappa shape index (κ2) is 7.93. The highest BCUT2D eigenvalue weighted by atomic mass is 35.5. The van der Waals surface area contributed by atoms with Crippen molar-refractivity contribution in [2.24, 2.45) is 20.0 Å². The minimum Gasteiger partial charge on any atom is -0.293 e. The molecular formula is C19H19ClN6. The van der Waals surface area contributed by atoms with Gasteiger partial charge in [0.2, 0.25) is 11.9 Å². The van der Waals surface area contributed by atoms with Crippen LogP contribution >= 0.6 is 11.6 Å². The lowest BCUT2D eigenvalue weighted by molar-refractivity contribution is 0.704. The molecule has 0 atom stereocenters. The minimum atomic E-state index is 0.552. The Bertz CT molecular complexity index is 911. The van der Waals surface area contributed by atoms with Crippen LogP contribution < -0.4 is 0 Å². The highest BCUT2D eigenvalue weighted by molar-refractivity contribution is 6.34. The van der Waals surface area contributed by atoms with Crippen molar-refractivity contribution in [1.82, 2.24) is 9.47 Å². The van der Waals surface area contributed by atoms with Crippen molar-refractivity contribution >= 4 is 35.2 Å². The van der Waals surface area contributed by atoms with E-state index in [0.717, 1.165) is 0 Å². The van der Waals surface area contributed by atoms with Crippen LogP contribution in [-0.4, -0.2) is 33.1 Å². The lowest BCUT2D eigenvalue weighted by Crippen LogP contribution is -2.42. The predicted octanol–water partition coefficient (Wildman–Crippen LogP) is 4.31. The molecule has 0 N–H and O–H groups in total. The zero-order chi connectivity index (χ0) is 18.5. The SMILES string of the molecule is C/C=C\C=C/C.CC1=NC2=NC(n3cccc3)=NC3=CC(Cl)=CC(=N1)N32. The third kappa shape index (κ3) is 3.81. The molecule has 3 aliphatic rings. The molecule has 0 fully saturated rings. The zero-order valence-corrected chi connectivity index (χ0v) is 15.6. The van der Waals surface area contributed by atoms with E-state index < -0.39 is 0 Å². The molecule has 0 radical (unpaired) electrons. The lowest BCUT2D eigenvalue weighted by Gasteiger charge is -2.31. The maximum Gasteiger partial charge on any atom is 0.242 e. The molecule has 7 heteroatoms. The molecular weight excluding hydrogens is 348 g/mol. The maximum absolute atomic E-state index is 6.12. The molecule has 0 amide bonds. The van der Waals surface area contributed by atoms with E-state index in [1.165, 1.54) is 0 Å². The van der Waals surface area contributed by atoms with Crippen LogP contribution in [0.4, 0.5) is 0 Å². The minimum absolute atomic E-state index is 0.552. The molecule has 0 saturated carbocycles. The van der Waals surface area contributed by atoms with Gasteiger partial charge in [-0.1, -0.05) is 35.9 Å². The van der Waals surface area contributed by atoms with Crippen LogP contribution in [0.1, 0.15) is 20.8 Å². The fraction of sp³-hybridized carbons (Fsp3) is 0.158. The van der Waals surface area contributed by atoms with Crippen LogP contribution in [-0.2, 0) is 0 Å². The van der Waals surface area contributed by atoms with Crippen molar-refractivity contribution in [2.75, 3.05) is 0 Å². The molecule has 0 saturated heterocycles. The monoisotopic (exact) mass is 366 g/mol. The second-order valence-electron chi connectivity index (χ2n) is 5.46. The summed E-state index contributed by atoms with van der Waals surface area (Å²) in [4.78, 5) is 19.5. The molecule has 1 aromatic rings. The van der Waals surface area contributed by atoms with Crippen LogP contribution in [0, 0.1) is 0 Å². The highest BCUT2D eigenvalue weighted by Crippen LogP contribution is 2.26. The molecule has 0 unspecified atom stereocenters. The normalized spacial score (nSPS) is 18.2. The molecule has 26 heavy (non-hydrogen) atoms. The molecule has 4 heterocycles. The van der Waals surface area contributed by atoms with Crippen molar-refractivity contribution in [3.63, 3.8) is 0 Å². The first-order valence-electron chi connectivity index (χ1n) is 8.20. The summed E-state index contributed by atoms with van der Waals surface area (Å²) in [5.74, 6) is 3.11. The van der Waals surface area contributed by atoms with Gasteiger partial charge in [-0.3, -0.25) is 4.57 Å². The number of amidine groups is 2. The number of hydrogen-bond acceptors (Lipinski definition) is 5. The Morgan fingerprint density at radius 2 is 1.58 bits per heavy atom. The highest BCUT2D eigenvalue weighted by Gasteiger charge is 2.31. The smallest absolute Gasteiger partial charge is 0.242 e. The summed E-state index contributed by atoms with van der Waals surface area (Å²) in [5, 5.41) is 0.585. The topological polar surface area (TPSA) is 57.6 Å². The Morgan fingerprint density at radius 1 is 0.885 bits per heavy atom. The zero-order valence-electron chi connectivity index (χ0n) is 14.8. The molecule has 132 valence electrons. The molecule has 0 aromatic carbocycles. The first-order valence-corrected chi connectivity index (χ1v) is 8.58. The number of guanidine groups is 1. The van der Waals surface area contributed by atoms with Gasteiger partial charge in [0.15, 0.2) is 0 Å². The maximum atomic E-state index is 6.12. The summed E-state index contributed by atoms with van der Waals surface area (Å²) in [6.45, 7) is 5.83. The van der Waals surface area contributed by atoms with Crippen LogP contribution in [0.5, 0.6) is 0 Å². The van der Waals surface area contributed by atoms with Crippen LogP contribution in [0.15, 0.2) is 91.8 Å². The van der Waals surface area contributed by atoms with E-state index in [-0.39, 0.29) is 0 Å². The third-order valence-corrected chi connectivity index (χ3v) is 3.69. The van der Waals surface area contributed by atoms with Crippen molar-refractivity contribution in [3.8, 4) is 0 Å². The average Bonchev–Trinajstić information content (AvgIpc) is 3.14. The summed E-state index contributed by atoms with van der Waals surface area (Å²) in [6, 6.07) is 3.83. The van der Waals surface area contributed by atoms with Gasteiger partial charge in [0.25, 0.3) is 0 Å². The molecule has 0 bridgehead atoms. The van der Waals surface area contributed by atoms with Crippen molar-refractivity contribution < 1.29 is 0 Å². The second-order valence-corrected chi connectivity index (χ2v) is 5.90. The van der Waals surface area contributed by atoms with Gasteiger partial charge in [0, 0.05) is 29.6 Å². The van der Waals surface area contributed by atoms with Gasteiger partial charge in [-0.2, -0.15) is 15.0 Å². The molecule has 0 aliphatic carbocycles. The Morgan fingerprint density at radius 3 is 2.23 bits per heavy atom. The van der Waals surface area contributed by atoms with E-state index in [4.69, 9.17) is 11.6 Å². The van der Waals surface area contributed by atoms with Crippen molar-refractivity contribution in [1.29, 1.82) is 0 Å². The number of aromatic nitrogens is 1. The molecule has 3 aliphatic heterocycles. The molecule has 6 nitrogen and oxygen atoms in total. The van der Waals surface area contributed by atoms with Gasteiger partial charge >= 0.3 is 0 Å². The first kappa shape index (κ1) is 17.8.